The molecule has 0 saturated heterocycles. The van der Waals surface area contributed by atoms with Gasteiger partial charge in [0.15, 0.2) is 0 Å². The van der Waals surface area contributed by atoms with Crippen molar-refractivity contribution < 1.29 is 19.2 Å². The van der Waals surface area contributed by atoms with E-state index in [1.165, 1.54) is 21.6 Å². The van der Waals surface area contributed by atoms with Gasteiger partial charge in [-0.1, -0.05) is 42.4 Å². The van der Waals surface area contributed by atoms with Gasteiger partial charge in [0.25, 0.3) is 0 Å². The topological polar surface area (TPSA) is 116 Å². The van der Waals surface area contributed by atoms with Crippen molar-refractivity contribution in [2.45, 2.75) is 40.0 Å². The smallest absolute Gasteiger partial charge is 0.321 e. The summed E-state index contributed by atoms with van der Waals surface area (Å²) in [5.74, 6) is 0.480. The van der Waals surface area contributed by atoms with Crippen molar-refractivity contribution in [2.24, 2.45) is 5.92 Å². The molecule has 0 spiro atoms. The van der Waals surface area contributed by atoms with Crippen LogP contribution in [0.1, 0.15) is 40.0 Å². The highest BCUT2D eigenvalue weighted by molar-refractivity contribution is 8.76. The van der Waals surface area contributed by atoms with E-state index in [0.29, 0.717) is 31.2 Å². The average molecular weight is 393 g/mol. The van der Waals surface area contributed by atoms with Crippen LogP contribution in [0.3, 0.4) is 0 Å². The maximum Gasteiger partial charge on any atom is 0.321 e. The normalized spacial score (nSPS) is 10.2. The SMILES string of the molecule is CCCNC(=O)NC(=O)CSSCCNC(=O)NC(=O)CCC(C)C. The van der Waals surface area contributed by atoms with Crippen molar-refractivity contribution in [2.75, 3.05) is 24.6 Å². The Morgan fingerprint density at radius 1 is 0.880 bits per heavy atom. The van der Waals surface area contributed by atoms with Crippen LogP contribution in [0.15, 0.2) is 0 Å². The number of nitrogens with one attached hydrogen (secondary N) is 4. The van der Waals surface area contributed by atoms with E-state index >= 15 is 0 Å². The van der Waals surface area contributed by atoms with Crippen molar-refractivity contribution in [3.05, 3.63) is 0 Å². The third-order valence-electron chi connectivity index (χ3n) is 2.73. The van der Waals surface area contributed by atoms with E-state index in [-0.39, 0.29) is 17.6 Å². The van der Waals surface area contributed by atoms with Gasteiger partial charge in [-0.15, -0.1) is 0 Å². The number of hydrogen-bond acceptors (Lipinski definition) is 6. The molecule has 25 heavy (non-hydrogen) atoms. The lowest BCUT2D eigenvalue weighted by Gasteiger charge is -2.07. The van der Waals surface area contributed by atoms with Crippen LogP contribution in [-0.4, -0.2) is 48.5 Å². The third-order valence-corrected chi connectivity index (χ3v) is 5.01. The predicted molar refractivity (Wildman–Crippen MR) is 102 cm³/mol. The predicted octanol–water partition coefficient (Wildman–Crippen LogP) is 1.87. The lowest BCUT2D eigenvalue weighted by atomic mass is 10.1. The van der Waals surface area contributed by atoms with Crippen LogP contribution in [0.4, 0.5) is 9.59 Å². The minimum Gasteiger partial charge on any atom is -0.338 e. The number of carbonyl (C=O) groups is 4. The second kappa shape index (κ2) is 14.9. The van der Waals surface area contributed by atoms with Crippen molar-refractivity contribution in [1.29, 1.82) is 0 Å². The molecule has 144 valence electrons. The second-order valence-electron chi connectivity index (χ2n) is 5.62. The van der Waals surface area contributed by atoms with E-state index in [4.69, 9.17) is 0 Å². The Labute approximate surface area is 156 Å². The van der Waals surface area contributed by atoms with E-state index in [0.717, 1.165) is 12.8 Å². The van der Waals surface area contributed by atoms with Gasteiger partial charge in [-0.05, 0) is 18.8 Å². The van der Waals surface area contributed by atoms with Gasteiger partial charge >= 0.3 is 12.1 Å². The maximum atomic E-state index is 11.5. The fourth-order valence-corrected chi connectivity index (χ4v) is 3.20. The number of imide groups is 2. The molecule has 0 unspecified atom stereocenters. The van der Waals surface area contributed by atoms with Gasteiger partial charge in [-0.25, -0.2) is 9.59 Å². The minimum absolute atomic E-state index is 0.143. The average Bonchev–Trinajstić information content (AvgIpc) is 2.54. The van der Waals surface area contributed by atoms with E-state index in [2.05, 4.69) is 21.3 Å². The van der Waals surface area contributed by atoms with Crippen LogP contribution in [-0.2, 0) is 9.59 Å². The molecule has 0 aliphatic rings. The quantitative estimate of drug-likeness (QED) is 0.315. The number of urea groups is 2. The molecule has 0 fully saturated rings. The summed E-state index contributed by atoms with van der Waals surface area (Å²) in [7, 11) is 2.69. The number of carbonyl (C=O) groups excluding carboxylic acids is 4. The van der Waals surface area contributed by atoms with E-state index < -0.39 is 12.1 Å². The molecule has 0 aromatic heterocycles. The summed E-state index contributed by atoms with van der Waals surface area (Å²) in [6.45, 7) is 6.85. The monoisotopic (exact) mass is 392 g/mol. The summed E-state index contributed by atoms with van der Waals surface area (Å²) in [5.41, 5.74) is 0. The third kappa shape index (κ3) is 15.8. The fourth-order valence-electron chi connectivity index (χ4n) is 1.46. The van der Waals surface area contributed by atoms with Gasteiger partial charge in [0.1, 0.15) is 0 Å². The summed E-state index contributed by atoms with van der Waals surface area (Å²) < 4.78 is 0. The second-order valence-corrected chi connectivity index (χ2v) is 8.21. The molecular formula is C15H28N4O4S2. The van der Waals surface area contributed by atoms with Crippen LogP contribution in [0.25, 0.3) is 0 Å². The van der Waals surface area contributed by atoms with Crippen LogP contribution in [0.2, 0.25) is 0 Å². The Hall–Kier alpha value is -1.42. The van der Waals surface area contributed by atoms with Crippen LogP contribution >= 0.6 is 21.6 Å². The van der Waals surface area contributed by atoms with E-state index in [1.807, 2.05) is 20.8 Å². The molecule has 0 saturated carbocycles. The lowest BCUT2D eigenvalue weighted by molar-refractivity contribution is -0.120. The first-order valence-corrected chi connectivity index (χ1v) is 10.7. The Morgan fingerprint density at radius 3 is 2.08 bits per heavy atom. The molecule has 0 rings (SSSR count). The molecule has 0 aliphatic carbocycles. The molecule has 0 atom stereocenters. The van der Waals surface area contributed by atoms with Crippen molar-refractivity contribution in [3.63, 3.8) is 0 Å². The molecule has 0 aromatic rings. The highest BCUT2D eigenvalue weighted by Crippen LogP contribution is 2.19. The Morgan fingerprint density at radius 2 is 1.48 bits per heavy atom. The Bertz CT molecular complexity index is 447. The lowest BCUT2D eigenvalue weighted by Crippen LogP contribution is -2.40. The van der Waals surface area contributed by atoms with Crippen LogP contribution < -0.4 is 21.3 Å². The summed E-state index contributed by atoms with van der Waals surface area (Å²) in [6.07, 6.45) is 1.87. The molecule has 0 aromatic carbocycles. The number of hydrogen-bond donors (Lipinski definition) is 4. The summed E-state index contributed by atoms with van der Waals surface area (Å²) in [6, 6.07) is -0.998. The van der Waals surface area contributed by atoms with Gasteiger partial charge in [-0.3, -0.25) is 20.2 Å². The number of rotatable bonds is 11. The molecule has 8 nitrogen and oxygen atoms in total. The van der Waals surface area contributed by atoms with Crippen molar-refractivity contribution >= 4 is 45.5 Å². The summed E-state index contributed by atoms with van der Waals surface area (Å²) in [4.78, 5) is 45.7. The van der Waals surface area contributed by atoms with Gasteiger partial charge in [0, 0.05) is 25.3 Å². The molecule has 0 bridgehead atoms. The van der Waals surface area contributed by atoms with Crippen molar-refractivity contribution in [1.82, 2.24) is 21.3 Å². The molecule has 0 aliphatic heterocycles. The first-order chi connectivity index (χ1) is 11.8. The minimum atomic E-state index is -0.510. The summed E-state index contributed by atoms with van der Waals surface area (Å²) in [5, 5.41) is 9.62. The zero-order valence-electron chi connectivity index (χ0n) is 15.0. The largest absolute Gasteiger partial charge is 0.338 e. The molecule has 0 radical (unpaired) electrons. The Balaban J connectivity index is 3.59. The van der Waals surface area contributed by atoms with E-state index in [1.54, 1.807) is 0 Å². The zero-order chi connectivity index (χ0) is 19.1. The molecule has 10 heteroatoms. The fraction of sp³-hybridized carbons (Fsp3) is 0.733. The first kappa shape index (κ1) is 23.6. The van der Waals surface area contributed by atoms with Gasteiger partial charge in [-0.2, -0.15) is 0 Å². The summed E-state index contributed by atoms with van der Waals surface area (Å²) >= 11 is 0. The van der Waals surface area contributed by atoms with Gasteiger partial charge in [0.05, 0.1) is 5.75 Å². The zero-order valence-corrected chi connectivity index (χ0v) is 16.6. The van der Waals surface area contributed by atoms with Crippen molar-refractivity contribution in [3.8, 4) is 0 Å². The highest BCUT2D eigenvalue weighted by atomic mass is 33.1. The number of amides is 6. The van der Waals surface area contributed by atoms with Crippen LogP contribution in [0, 0.1) is 5.92 Å². The highest BCUT2D eigenvalue weighted by Gasteiger charge is 2.09. The molecule has 6 amide bonds. The Kier molecular flexibility index (Phi) is 14.0. The van der Waals surface area contributed by atoms with Crippen LogP contribution in [0.5, 0.6) is 0 Å². The maximum absolute atomic E-state index is 11.5. The molecule has 4 N–H and O–H groups in total. The molecular weight excluding hydrogens is 364 g/mol. The van der Waals surface area contributed by atoms with Gasteiger partial charge < -0.3 is 10.6 Å². The standard InChI is InChI=1S/C15H28N4O4S2/c1-4-7-16-14(22)19-13(21)10-25-24-9-8-17-15(23)18-12(20)6-5-11(2)3/h11H,4-10H2,1-3H3,(H2,16,19,21,22)(H2,17,18,20,23). The molecule has 0 heterocycles. The first-order valence-electron chi connectivity index (χ1n) is 8.24. The van der Waals surface area contributed by atoms with Gasteiger partial charge in [0.2, 0.25) is 11.8 Å². The van der Waals surface area contributed by atoms with E-state index in [9.17, 15) is 19.2 Å².